The number of nitrogens with one attached hydrogen (secondary N) is 1. The number of rotatable bonds is 2. The molecule has 1 saturated heterocycles. The highest BCUT2D eigenvalue weighted by Gasteiger charge is 2.34. The van der Waals surface area contributed by atoms with Gasteiger partial charge >= 0.3 is 0 Å². The molecule has 4 heteroatoms. The van der Waals surface area contributed by atoms with E-state index in [4.69, 9.17) is 0 Å². The molecule has 1 heterocycles. The first-order chi connectivity index (χ1) is 10.6. The van der Waals surface area contributed by atoms with E-state index < -0.39 is 0 Å². The maximum absolute atomic E-state index is 4.47. The molecule has 1 aromatic carbocycles. The summed E-state index contributed by atoms with van der Waals surface area (Å²) in [6.45, 7) is 10.9. The van der Waals surface area contributed by atoms with E-state index in [0.717, 1.165) is 38.1 Å². The minimum Gasteiger partial charge on any atom is -0.368 e. The zero-order valence-electron chi connectivity index (χ0n) is 14.3. The van der Waals surface area contributed by atoms with Gasteiger partial charge in [-0.05, 0) is 43.4 Å². The molecule has 1 N–H and O–H groups in total. The van der Waals surface area contributed by atoms with Crippen molar-refractivity contribution in [3.63, 3.8) is 0 Å². The van der Waals surface area contributed by atoms with Crippen LogP contribution in [0.2, 0.25) is 0 Å². The van der Waals surface area contributed by atoms with E-state index in [9.17, 15) is 0 Å². The van der Waals surface area contributed by atoms with E-state index in [1.54, 1.807) is 0 Å². The van der Waals surface area contributed by atoms with E-state index in [0.29, 0.717) is 6.04 Å². The van der Waals surface area contributed by atoms with Crippen molar-refractivity contribution in [1.82, 2.24) is 10.2 Å². The predicted molar refractivity (Wildman–Crippen MR) is 93.8 cm³/mol. The van der Waals surface area contributed by atoms with Crippen molar-refractivity contribution in [2.45, 2.75) is 33.2 Å². The van der Waals surface area contributed by atoms with Crippen LogP contribution in [0.25, 0.3) is 0 Å². The second kappa shape index (κ2) is 6.19. The number of nitrogens with zero attached hydrogens (tertiary/aromatic N) is 3. The summed E-state index contributed by atoms with van der Waals surface area (Å²) in [5.74, 6) is 1.88. The molecule has 1 aliphatic heterocycles. The Hall–Kier alpha value is -1.71. The molecule has 3 rings (SSSR count). The molecule has 2 atom stereocenters. The lowest BCUT2D eigenvalue weighted by molar-refractivity contribution is 0.371. The van der Waals surface area contributed by atoms with E-state index in [-0.39, 0.29) is 0 Å². The van der Waals surface area contributed by atoms with E-state index in [1.807, 2.05) is 7.05 Å². The average molecular weight is 300 g/mol. The summed E-state index contributed by atoms with van der Waals surface area (Å²) in [7, 11) is 1.90. The number of piperazine rings is 1. The van der Waals surface area contributed by atoms with Crippen LogP contribution in [0.1, 0.15) is 24.5 Å². The molecule has 0 spiro atoms. The second-order valence-corrected chi connectivity index (χ2v) is 6.70. The van der Waals surface area contributed by atoms with Gasteiger partial charge in [-0.25, -0.2) is 0 Å². The van der Waals surface area contributed by atoms with Gasteiger partial charge in [0, 0.05) is 45.0 Å². The van der Waals surface area contributed by atoms with Crippen LogP contribution in [0.15, 0.2) is 23.2 Å². The standard InChI is InChI=1S/C18H28N4/c1-13-6-5-7-17(15(13)3)21-8-10-22(11-9-21)18(19-4)20-16-12-14(16)2/h5-7,14,16H,8-12H2,1-4H3,(H,19,20). The summed E-state index contributed by atoms with van der Waals surface area (Å²) in [4.78, 5) is 9.37. The van der Waals surface area contributed by atoms with E-state index >= 15 is 0 Å². The topological polar surface area (TPSA) is 30.9 Å². The maximum atomic E-state index is 4.47. The molecule has 4 nitrogen and oxygen atoms in total. The van der Waals surface area contributed by atoms with Gasteiger partial charge in [-0.1, -0.05) is 19.1 Å². The van der Waals surface area contributed by atoms with Gasteiger partial charge < -0.3 is 15.1 Å². The van der Waals surface area contributed by atoms with Crippen molar-refractivity contribution in [3.8, 4) is 0 Å². The highest BCUT2D eigenvalue weighted by atomic mass is 15.4. The fourth-order valence-electron chi connectivity index (χ4n) is 3.22. The normalized spacial score (nSPS) is 25.4. The molecule has 22 heavy (non-hydrogen) atoms. The average Bonchev–Trinajstić information content (AvgIpc) is 3.23. The van der Waals surface area contributed by atoms with Gasteiger partial charge in [0.05, 0.1) is 0 Å². The third-order valence-corrected chi connectivity index (χ3v) is 5.13. The van der Waals surface area contributed by atoms with Crippen LogP contribution < -0.4 is 10.2 Å². The molecule has 2 unspecified atom stereocenters. The molecule has 120 valence electrons. The minimum atomic E-state index is 0.635. The molecule has 0 aromatic heterocycles. The first-order valence-corrected chi connectivity index (χ1v) is 8.39. The molecule has 0 radical (unpaired) electrons. The molecule has 0 amide bonds. The Morgan fingerprint density at radius 1 is 1.18 bits per heavy atom. The summed E-state index contributed by atoms with van der Waals surface area (Å²) in [5.41, 5.74) is 4.17. The number of hydrogen-bond donors (Lipinski definition) is 1. The lowest BCUT2D eigenvalue weighted by atomic mass is 10.1. The minimum absolute atomic E-state index is 0.635. The monoisotopic (exact) mass is 300 g/mol. The van der Waals surface area contributed by atoms with Crippen molar-refractivity contribution < 1.29 is 0 Å². The highest BCUT2D eigenvalue weighted by molar-refractivity contribution is 5.81. The lowest BCUT2D eigenvalue weighted by Gasteiger charge is -2.38. The van der Waals surface area contributed by atoms with Crippen molar-refractivity contribution in [2.75, 3.05) is 38.1 Å². The Bertz CT molecular complexity index is 558. The van der Waals surface area contributed by atoms with Gasteiger partial charge in [-0.3, -0.25) is 4.99 Å². The Morgan fingerprint density at radius 2 is 1.86 bits per heavy atom. The Kier molecular flexibility index (Phi) is 4.27. The summed E-state index contributed by atoms with van der Waals surface area (Å²) in [6.07, 6.45) is 1.28. The number of guanidine groups is 1. The fraction of sp³-hybridized carbons (Fsp3) is 0.611. The maximum Gasteiger partial charge on any atom is 0.193 e. The van der Waals surface area contributed by atoms with Gasteiger partial charge in [0.25, 0.3) is 0 Å². The molecule has 1 aromatic rings. The summed E-state index contributed by atoms with van der Waals surface area (Å²) in [6, 6.07) is 7.24. The van der Waals surface area contributed by atoms with Crippen molar-refractivity contribution in [2.24, 2.45) is 10.9 Å². The van der Waals surface area contributed by atoms with Gasteiger partial charge in [0.1, 0.15) is 0 Å². The molecule has 2 fully saturated rings. The first kappa shape index (κ1) is 15.2. The zero-order valence-corrected chi connectivity index (χ0v) is 14.3. The Morgan fingerprint density at radius 3 is 2.45 bits per heavy atom. The SMILES string of the molecule is CN=C(NC1CC1C)N1CCN(c2cccc(C)c2C)CC1. The number of aryl methyl sites for hydroxylation is 1. The molecule has 1 aliphatic carbocycles. The van der Waals surface area contributed by atoms with E-state index in [2.05, 4.69) is 59.1 Å². The summed E-state index contributed by atoms with van der Waals surface area (Å²) >= 11 is 0. The Balaban J connectivity index is 1.61. The smallest absolute Gasteiger partial charge is 0.193 e. The molecule has 0 bridgehead atoms. The second-order valence-electron chi connectivity index (χ2n) is 6.70. The van der Waals surface area contributed by atoms with Crippen LogP contribution in [-0.4, -0.2) is 50.1 Å². The fourth-order valence-corrected chi connectivity index (χ4v) is 3.22. The van der Waals surface area contributed by atoms with Crippen LogP contribution >= 0.6 is 0 Å². The van der Waals surface area contributed by atoms with Crippen LogP contribution in [0.4, 0.5) is 5.69 Å². The van der Waals surface area contributed by atoms with Crippen molar-refractivity contribution in [3.05, 3.63) is 29.3 Å². The van der Waals surface area contributed by atoms with Gasteiger partial charge in [0.2, 0.25) is 0 Å². The van der Waals surface area contributed by atoms with Gasteiger partial charge in [-0.2, -0.15) is 0 Å². The third kappa shape index (κ3) is 3.06. The van der Waals surface area contributed by atoms with Gasteiger partial charge in [0.15, 0.2) is 5.96 Å². The van der Waals surface area contributed by atoms with Gasteiger partial charge in [-0.15, -0.1) is 0 Å². The predicted octanol–water partition coefficient (Wildman–Crippen LogP) is 2.41. The molecular formula is C18H28N4. The highest BCUT2D eigenvalue weighted by Crippen LogP contribution is 2.29. The first-order valence-electron chi connectivity index (χ1n) is 8.39. The molecule has 2 aliphatic rings. The van der Waals surface area contributed by atoms with Crippen LogP contribution in [0.5, 0.6) is 0 Å². The lowest BCUT2D eigenvalue weighted by Crippen LogP contribution is -2.53. The number of anilines is 1. The van der Waals surface area contributed by atoms with Crippen LogP contribution in [0, 0.1) is 19.8 Å². The zero-order chi connectivity index (χ0) is 15.7. The van der Waals surface area contributed by atoms with Crippen LogP contribution in [-0.2, 0) is 0 Å². The number of hydrogen-bond acceptors (Lipinski definition) is 2. The quantitative estimate of drug-likeness (QED) is 0.672. The third-order valence-electron chi connectivity index (χ3n) is 5.13. The number of aliphatic imine (C=N–C) groups is 1. The van der Waals surface area contributed by atoms with Crippen LogP contribution in [0.3, 0.4) is 0 Å². The summed E-state index contributed by atoms with van der Waals surface area (Å²) in [5, 5.41) is 3.59. The van der Waals surface area contributed by atoms with E-state index in [1.165, 1.54) is 23.2 Å². The number of benzene rings is 1. The summed E-state index contributed by atoms with van der Waals surface area (Å²) < 4.78 is 0. The van der Waals surface area contributed by atoms with Crippen molar-refractivity contribution >= 4 is 11.6 Å². The Labute approximate surface area is 134 Å². The largest absolute Gasteiger partial charge is 0.368 e. The van der Waals surface area contributed by atoms with Crippen molar-refractivity contribution in [1.29, 1.82) is 0 Å². The molecule has 1 saturated carbocycles. The molecular weight excluding hydrogens is 272 g/mol.